The van der Waals surface area contributed by atoms with Gasteiger partial charge in [0.1, 0.15) is 11.4 Å². The van der Waals surface area contributed by atoms with Crippen molar-refractivity contribution in [2.75, 3.05) is 23.2 Å². The number of hydrogen-bond donors (Lipinski definition) is 1. The third-order valence-electron chi connectivity index (χ3n) is 6.06. The Morgan fingerprint density at radius 2 is 1.70 bits per heavy atom. The Labute approximate surface area is 212 Å². The third kappa shape index (κ3) is 4.83. The molecular formula is C25H24N4O7S. The number of sulfonamides is 1. The molecule has 3 aromatic rings. The molecule has 2 aromatic carbocycles. The zero-order chi connectivity index (χ0) is 26.9. The topological polar surface area (TPSA) is 151 Å². The molecule has 192 valence electrons. The number of Topliss-reactive ketones (excluding diaryl/α,β-unsaturated/α-hetero) is 1. The lowest BCUT2D eigenvalue weighted by Gasteiger charge is -2.19. The van der Waals surface area contributed by atoms with Crippen LogP contribution >= 0.6 is 0 Å². The highest BCUT2D eigenvalue weighted by Gasteiger charge is 2.30. The fourth-order valence-corrected chi connectivity index (χ4v) is 5.48. The number of nitrogens with two attached hydrogens (primary N) is 1. The number of fused-ring (bicyclic) bond motifs is 1. The maximum atomic E-state index is 13.1. The van der Waals surface area contributed by atoms with Gasteiger partial charge in [0, 0.05) is 26.7 Å². The lowest BCUT2D eigenvalue weighted by atomic mass is 10.2. The second-order valence-electron chi connectivity index (χ2n) is 8.36. The molecule has 4 rings (SSSR count). The number of carbonyl (C=O) groups excluding carboxylic acids is 2. The van der Waals surface area contributed by atoms with E-state index in [9.17, 15) is 27.6 Å². The molecule has 0 saturated carbocycles. The van der Waals surface area contributed by atoms with Crippen LogP contribution in [-0.2, 0) is 40.1 Å². The predicted molar refractivity (Wildman–Crippen MR) is 137 cm³/mol. The summed E-state index contributed by atoms with van der Waals surface area (Å²) < 4.78 is 34.2. The maximum absolute atomic E-state index is 13.1. The van der Waals surface area contributed by atoms with Crippen LogP contribution in [0.3, 0.4) is 0 Å². The van der Waals surface area contributed by atoms with Gasteiger partial charge in [-0.05, 0) is 41.8 Å². The lowest BCUT2D eigenvalue weighted by molar-refractivity contribution is -0.136. The summed E-state index contributed by atoms with van der Waals surface area (Å²) in [6.07, 6.45) is 3.11. The number of nitrogen functional groups attached to an aromatic ring is 1. The molecule has 1 aliphatic heterocycles. The minimum Gasteiger partial charge on any atom is -0.454 e. The minimum absolute atomic E-state index is 0.117. The summed E-state index contributed by atoms with van der Waals surface area (Å²) in [6.45, 7) is -0.389. The largest absolute Gasteiger partial charge is 0.454 e. The number of ketones is 1. The Kier molecular flexibility index (Phi) is 6.86. The van der Waals surface area contributed by atoms with E-state index in [4.69, 9.17) is 10.5 Å². The molecule has 0 atom stereocenters. The van der Waals surface area contributed by atoms with E-state index >= 15 is 0 Å². The fourth-order valence-electron chi connectivity index (χ4n) is 3.98. The SMILES string of the molecule is Cn1c(N)c(C(=O)COC(=O)C=Cc2ccc(S(=O)(=O)N3CCc4ccccc43)cc2)c(=O)n(C)c1=O. The molecule has 0 radical (unpaired) electrons. The first kappa shape index (κ1) is 25.6. The lowest BCUT2D eigenvalue weighted by Crippen LogP contribution is -2.42. The van der Waals surface area contributed by atoms with E-state index in [1.807, 2.05) is 12.1 Å². The number of ether oxygens (including phenoxy) is 1. The van der Waals surface area contributed by atoms with Gasteiger partial charge in [-0.25, -0.2) is 18.0 Å². The second-order valence-corrected chi connectivity index (χ2v) is 10.2. The van der Waals surface area contributed by atoms with E-state index in [0.29, 0.717) is 24.2 Å². The molecule has 0 spiro atoms. The Balaban J connectivity index is 1.41. The van der Waals surface area contributed by atoms with E-state index in [1.54, 1.807) is 24.3 Å². The molecule has 2 N–H and O–H groups in total. The molecule has 1 aliphatic rings. The van der Waals surface area contributed by atoms with Crippen molar-refractivity contribution in [3.63, 3.8) is 0 Å². The normalized spacial score (nSPS) is 13.1. The first-order chi connectivity index (χ1) is 17.5. The summed E-state index contributed by atoms with van der Waals surface area (Å²) in [6, 6.07) is 13.3. The molecule has 1 aromatic heterocycles. The molecule has 0 fully saturated rings. The number of benzene rings is 2. The number of aromatic nitrogens is 2. The summed E-state index contributed by atoms with van der Waals surface area (Å²) in [5.74, 6) is -2.04. The number of carbonyl (C=O) groups is 2. The standard InChI is InChI=1S/C25H24N4O7S/c1-27-23(26)22(24(32)28(2)25(27)33)20(30)15-36-21(31)12-9-16-7-10-18(11-8-16)37(34,35)29-14-13-17-5-3-4-6-19(17)29/h3-12H,13-15,26H2,1-2H3. The molecule has 0 bridgehead atoms. The molecule has 2 heterocycles. The van der Waals surface area contributed by atoms with Crippen molar-refractivity contribution >= 4 is 39.4 Å². The van der Waals surface area contributed by atoms with Crippen LogP contribution in [0.2, 0.25) is 0 Å². The molecule has 37 heavy (non-hydrogen) atoms. The first-order valence-corrected chi connectivity index (χ1v) is 12.6. The molecule has 0 unspecified atom stereocenters. The van der Waals surface area contributed by atoms with Crippen LogP contribution in [-0.4, -0.2) is 42.5 Å². The van der Waals surface area contributed by atoms with Crippen molar-refractivity contribution in [1.82, 2.24) is 9.13 Å². The predicted octanol–water partition coefficient (Wildman–Crippen LogP) is 0.857. The smallest absolute Gasteiger partial charge is 0.332 e. The molecule has 0 aliphatic carbocycles. The van der Waals surface area contributed by atoms with Gasteiger partial charge in [0.05, 0.1) is 10.6 Å². The van der Waals surface area contributed by atoms with Gasteiger partial charge in [0.2, 0.25) is 5.78 Å². The van der Waals surface area contributed by atoms with E-state index in [2.05, 4.69) is 0 Å². The minimum atomic E-state index is -3.74. The summed E-state index contributed by atoms with van der Waals surface area (Å²) in [7, 11) is -1.23. The van der Waals surface area contributed by atoms with Crippen LogP contribution in [0.5, 0.6) is 0 Å². The van der Waals surface area contributed by atoms with Crippen molar-refractivity contribution in [2.24, 2.45) is 14.1 Å². The van der Waals surface area contributed by atoms with Gasteiger partial charge in [0.25, 0.3) is 15.6 Å². The molecular weight excluding hydrogens is 500 g/mol. The van der Waals surface area contributed by atoms with E-state index < -0.39 is 45.2 Å². The number of hydrogen-bond acceptors (Lipinski definition) is 8. The van der Waals surface area contributed by atoms with Gasteiger partial charge in [-0.2, -0.15) is 0 Å². The van der Waals surface area contributed by atoms with Gasteiger partial charge in [-0.1, -0.05) is 30.3 Å². The van der Waals surface area contributed by atoms with Crippen molar-refractivity contribution < 1.29 is 22.7 Å². The first-order valence-electron chi connectivity index (χ1n) is 11.2. The number of nitrogens with zero attached hydrogens (tertiary/aromatic N) is 3. The average Bonchev–Trinajstić information content (AvgIpc) is 3.34. The quantitative estimate of drug-likeness (QED) is 0.272. The zero-order valence-corrected chi connectivity index (χ0v) is 20.9. The highest BCUT2D eigenvalue weighted by Crippen LogP contribution is 2.32. The third-order valence-corrected chi connectivity index (χ3v) is 7.89. The fraction of sp³-hybridized carbons (Fsp3) is 0.200. The van der Waals surface area contributed by atoms with E-state index in [0.717, 1.165) is 20.8 Å². The Morgan fingerprint density at radius 3 is 2.41 bits per heavy atom. The Morgan fingerprint density at radius 1 is 1.03 bits per heavy atom. The van der Waals surface area contributed by atoms with Crippen LogP contribution in [0.1, 0.15) is 21.5 Å². The van der Waals surface area contributed by atoms with Crippen molar-refractivity contribution in [3.05, 3.63) is 92.1 Å². The van der Waals surface area contributed by atoms with Crippen LogP contribution < -0.4 is 21.3 Å². The average molecular weight is 525 g/mol. The molecule has 0 amide bonds. The highest BCUT2D eigenvalue weighted by molar-refractivity contribution is 7.92. The van der Waals surface area contributed by atoms with Gasteiger partial charge in [0.15, 0.2) is 6.61 Å². The van der Waals surface area contributed by atoms with Crippen LogP contribution in [0, 0.1) is 0 Å². The highest BCUT2D eigenvalue weighted by atomic mass is 32.2. The number of anilines is 2. The number of rotatable bonds is 7. The summed E-state index contributed by atoms with van der Waals surface area (Å²) in [5, 5.41) is 0. The van der Waals surface area contributed by atoms with Crippen molar-refractivity contribution in [3.8, 4) is 0 Å². The molecule has 11 nitrogen and oxygen atoms in total. The van der Waals surface area contributed by atoms with Crippen LogP contribution in [0.25, 0.3) is 6.08 Å². The molecule has 0 saturated heterocycles. The van der Waals surface area contributed by atoms with Gasteiger partial charge < -0.3 is 10.5 Å². The van der Waals surface area contributed by atoms with Crippen molar-refractivity contribution in [2.45, 2.75) is 11.3 Å². The Bertz CT molecular complexity index is 1650. The summed E-state index contributed by atoms with van der Waals surface area (Å²) in [5.41, 5.74) is 5.88. The molecule has 12 heteroatoms. The van der Waals surface area contributed by atoms with E-state index in [1.165, 1.54) is 36.6 Å². The van der Waals surface area contributed by atoms with Crippen LogP contribution in [0.15, 0.2) is 69.1 Å². The van der Waals surface area contributed by atoms with Crippen LogP contribution in [0.4, 0.5) is 11.5 Å². The maximum Gasteiger partial charge on any atom is 0.332 e. The number of esters is 1. The summed E-state index contributed by atoms with van der Waals surface area (Å²) in [4.78, 5) is 48.8. The Hall–Kier alpha value is -4.45. The van der Waals surface area contributed by atoms with Gasteiger partial charge in [-0.3, -0.25) is 23.0 Å². The number of para-hydroxylation sites is 1. The van der Waals surface area contributed by atoms with Gasteiger partial charge >= 0.3 is 11.7 Å². The van der Waals surface area contributed by atoms with E-state index in [-0.39, 0.29) is 10.7 Å². The summed E-state index contributed by atoms with van der Waals surface area (Å²) >= 11 is 0. The monoisotopic (exact) mass is 524 g/mol. The second kappa shape index (κ2) is 9.90. The van der Waals surface area contributed by atoms with Crippen molar-refractivity contribution in [1.29, 1.82) is 0 Å². The van der Waals surface area contributed by atoms with Gasteiger partial charge in [-0.15, -0.1) is 0 Å². The zero-order valence-electron chi connectivity index (χ0n) is 20.1.